The smallest absolute Gasteiger partial charge is 0.229 e. The highest BCUT2D eigenvalue weighted by molar-refractivity contribution is 7.97. The molecule has 2 N–H and O–H groups in total. The number of phenolic OH excluding ortho intramolecular Hbond substituents is 1. The summed E-state index contributed by atoms with van der Waals surface area (Å²) in [5.41, 5.74) is 3.08. The minimum Gasteiger partial charge on any atom is -0.508 e. The Morgan fingerprint density at radius 2 is 2.08 bits per heavy atom. The second kappa shape index (κ2) is 11.7. The number of hydrogen-bond donors (Lipinski definition) is 2. The van der Waals surface area contributed by atoms with Crippen molar-refractivity contribution in [2.75, 3.05) is 20.2 Å². The summed E-state index contributed by atoms with van der Waals surface area (Å²) in [4.78, 5) is 20.9. The Hall–Kier alpha value is -3.45. The number of aromatic hydroxyl groups is 1. The molecule has 2 aliphatic rings. The van der Waals surface area contributed by atoms with E-state index in [1.807, 2.05) is 47.5 Å². The second-order valence-corrected chi connectivity index (χ2v) is 10.6. The molecule has 1 fully saturated rings. The molecule has 0 spiro atoms. The number of carbonyl (C=O) groups excluding carboxylic acids is 1. The third-order valence-corrected chi connectivity index (χ3v) is 8.05. The largest absolute Gasteiger partial charge is 0.508 e. The molecule has 2 atom stereocenters. The highest BCUT2D eigenvalue weighted by Crippen LogP contribution is 2.29. The number of hydrogen-bond acceptors (Lipinski definition) is 6. The fraction of sp³-hybridized carbons (Fsp3) is 0.333. The van der Waals surface area contributed by atoms with E-state index in [-0.39, 0.29) is 17.6 Å². The molecule has 0 bridgehead atoms. The van der Waals surface area contributed by atoms with Crippen LogP contribution in [0.5, 0.6) is 11.5 Å². The molecule has 1 aromatic heterocycles. The lowest BCUT2D eigenvalue weighted by Gasteiger charge is -2.26. The maximum atomic E-state index is 13.3. The van der Waals surface area contributed by atoms with Crippen LogP contribution in [0.25, 0.3) is 10.9 Å². The number of likely N-dealkylation sites (tertiary alicyclic amines) is 1. The maximum Gasteiger partial charge on any atom is 0.229 e. The average molecular weight is 516 g/mol. The number of allylic oxidation sites excluding steroid dienone is 2. The molecule has 7 heteroatoms. The first-order valence-electron chi connectivity index (χ1n) is 12.9. The van der Waals surface area contributed by atoms with Crippen LogP contribution >= 0.6 is 11.9 Å². The first-order valence-corrected chi connectivity index (χ1v) is 13.7. The number of rotatable bonds is 7. The van der Waals surface area contributed by atoms with Crippen LogP contribution in [0.4, 0.5) is 0 Å². The van der Waals surface area contributed by atoms with Crippen LogP contribution in [0, 0.1) is 11.8 Å². The van der Waals surface area contributed by atoms with Gasteiger partial charge >= 0.3 is 0 Å². The predicted octanol–water partition coefficient (Wildman–Crippen LogP) is 5.88. The lowest BCUT2D eigenvalue weighted by atomic mass is 9.92. The van der Waals surface area contributed by atoms with Crippen molar-refractivity contribution in [3.63, 3.8) is 0 Å². The van der Waals surface area contributed by atoms with Crippen LogP contribution in [0.15, 0.2) is 83.5 Å². The molecule has 6 nitrogen and oxygen atoms in total. The third-order valence-electron chi connectivity index (χ3n) is 7.16. The Bertz CT molecular complexity index is 1320. The number of fused-ring (bicyclic) bond motifs is 1. The molecule has 0 saturated carbocycles. The molecule has 192 valence electrons. The number of pyridine rings is 1. The van der Waals surface area contributed by atoms with Crippen LogP contribution in [0.3, 0.4) is 0 Å². The number of benzene rings is 2. The molecule has 37 heavy (non-hydrogen) atoms. The van der Waals surface area contributed by atoms with Crippen molar-refractivity contribution in [3.8, 4) is 11.5 Å². The summed E-state index contributed by atoms with van der Waals surface area (Å²) in [6.45, 7) is 1.59. The summed E-state index contributed by atoms with van der Waals surface area (Å²) >= 11 is 1.55. The van der Waals surface area contributed by atoms with Crippen LogP contribution in [0.2, 0.25) is 0 Å². The summed E-state index contributed by atoms with van der Waals surface area (Å²) in [6, 6.07) is 15.6. The van der Waals surface area contributed by atoms with E-state index in [0.29, 0.717) is 18.1 Å². The van der Waals surface area contributed by atoms with E-state index in [1.54, 1.807) is 25.1 Å². The van der Waals surface area contributed by atoms with Crippen LogP contribution in [-0.4, -0.2) is 41.1 Å². The van der Waals surface area contributed by atoms with E-state index in [9.17, 15) is 9.90 Å². The van der Waals surface area contributed by atoms with Gasteiger partial charge in [0, 0.05) is 36.4 Å². The van der Waals surface area contributed by atoms with Gasteiger partial charge in [-0.1, -0.05) is 30.4 Å². The Morgan fingerprint density at radius 1 is 1.19 bits per heavy atom. The number of aromatic nitrogens is 1. The minimum atomic E-state index is -0.110. The van der Waals surface area contributed by atoms with Gasteiger partial charge in [0.1, 0.15) is 11.5 Å². The Morgan fingerprint density at radius 3 is 2.92 bits per heavy atom. The molecule has 2 heterocycles. The Balaban J connectivity index is 1.12. The van der Waals surface area contributed by atoms with Crippen molar-refractivity contribution in [3.05, 3.63) is 84.2 Å². The lowest BCUT2D eigenvalue weighted by molar-refractivity contribution is -0.133. The zero-order valence-electron chi connectivity index (χ0n) is 21.1. The van der Waals surface area contributed by atoms with E-state index in [0.717, 1.165) is 65.8 Å². The van der Waals surface area contributed by atoms with Crippen LogP contribution < -0.4 is 9.46 Å². The van der Waals surface area contributed by atoms with E-state index >= 15 is 0 Å². The van der Waals surface area contributed by atoms with Crippen LogP contribution in [0.1, 0.15) is 31.2 Å². The van der Waals surface area contributed by atoms with Gasteiger partial charge in [0.05, 0.1) is 23.4 Å². The quantitative estimate of drug-likeness (QED) is 0.383. The fourth-order valence-corrected chi connectivity index (χ4v) is 5.98. The molecule has 2 unspecified atom stereocenters. The fourth-order valence-electron chi connectivity index (χ4n) is 5.19. The van der Waals surface area contributed by atoms with Crippen molar-refractivity contribution in [1.82, 2.24) is 14.6 Å². The summed E-state index contributed by atoms with van der Waals surface area (Å²) in [5.74, 6) is 1.51. The van der Waals surface area contributed by atoms with Gasteiger partial charge in [-0.25, -0.2) is 0 Å². The molecular weight excluding hydrogens is 482 g/mol. The van der Waals surface area contributed by atoms with Crippen molar-refractivity contribution >= 4 is 28.8 Å². The molecule has 0 radical (unpaired) electrons. The van der Waals surface area contributed by atoms with Gasteiger partial charge in [0.25, 0.3) is 0 Å². The topological polar surface area (TPSA) is 74.7 Å². The molecule has 5 rings (SSSR count). The molecule has 1 amide bonds. The molecule has 1 saturated heterocycles. The average Bonchev–Trinajstić information content (AvgIpc) is 3.17. The Labute approximate surface area is 222 Å². The zero-order valence-corrected chi connectivity index (χ0v) is 21.9. The number of ether oxygens (including phenoxy) is 1. The van der Waals surface area contributed by atoms with Crippen molar-refractivity contribution in [2.24, 2.45) is 11.8 Å². The van der Waals surface area contributed by atoms with Gasteiger partial charge in [-0.15, -0.1) is 0 Å². The zero-order chi connectivity index (χ0) is 25.6. The van der Waals surface area contributed by atoms with Gasteiger partial charge in [0.15, 0.2) is 0 Å². The summed E-state index contributed by atoms with van der Waals surface area (Å²) in [5, 5.41) is 11.1. The standard InChI is InChI=1S/C30H33N3O3S/c1-36-27-19-22(18-26(34)20-27)17-21-5-4-15-33(16-13-21)30(35)24-9-11-25(12-10-24)32-37-28-8-2-6-23-7-3-14-31-29(23)28/h2-3,6-9,11-12,14,18-21,24,32,34H,4-5,10,13,15-17H2,1H3. The maximum absolute atomic E-state index is 13.3. The van der Waals surface area contributed by atoms with Gasteiger partial charge < -0.3 is 19.5 Å². The second-order valence-electron chi connectivity index (χ2n) is 9.76. The lowest BCUT2D eigenvalue weighted by Crippen LogP contribution is -2.36. The molecule has 2 aromatic carbocycles. The summed E-state index contributed by atoms with van der Waals surface area (Å²) < 4.78 is 8.71. The minimum absolute atomic E-state index is 0.110. The number of para-hydroxylation sites is 1. The molecule has 1 aliphatic heterocycles. The van der Waals surface area contributed by atoms with E-state index in [2.05, 4.69) is 34.0 Å². The molecule has 3 aromatic rings. The first kappa shape index (κ1) is 25.2. The normalized spacial score (nSPS) is 19.8. The van der Waals surface area contributed by atoms with E-state index in [1.165, 1.54) is 0 Å². The van der Waals surface area contributed by atoms with Crippen molar-refractivity contribution in [1.29, 1.82) is 0 Å². The number of nitrogens with zero attached hydrogens (tertiary/aromatic N) is 2. The van der Waals surface area contributed by atoms with E-state index < -0.39 is 0 Å². The predicted molar refractivity (Wildman–Crippen MR) is 148 cm³/mol. The van der Waals surface area contributed by atoms with Gasteiger partial charge in [-0.05, 0) is 85.9 Å². The van der Waals surface area contributed by atoms with E-state index in [4.69, 9.17) is 4.74 Å². The molecular formula is C30H33N3O3S. The Kier molecular flexibility index (Phi) is 7.99. The van der Waals surface area contributed by atoms with Gasteiger partial charge in [0.2, 0.25) is 5.91 Å². The summed E-state index contributed by atoms with van der Waals surface area (Å²) in [6.07, 6.45) is 12.6. The first-order chi connectivity index (χ1) is 18.1. The summed E-state index contributed by atoms with van der Waals surface area (Å²) in [7, 11) is 1.61. The molecule has 1 aliphatic carbocycles. The number of methoxy groups -OCH3 is 1. The monoisotopic (exact) mass is 515 g/mol. The number of phenols is 1. The van der Waals surface area contributed by atoms with Gasteiger partial charge in [-0.3, -0.25) is 9.78 Å². The number of carbonyl (C=O) groups is 1. The van der Waals surface area contributed by atoms with Crippen molar-refractivity contribution < 1.29 is 14.6 Å². The number of nitrogens with one attached hydrogen (secondary N) is 1. The SMILES string of the molecule is COc1cc(O)cc(CC2CCCN(C(=O)C3C=CC(NSc4cccc5cccnc45)=CC3)CC2)c1. The third kappa shape index (κ3) is 6.28. The van der Waals surface area contributed by atoms with Crippen molar-refractivity contribution in [2.45, 2.75) is 37.0 Å². The highest BCUT2D eigenvalue weighted by Gasteiger charge is 2.26. The highest BCUT2D eigenvalue weighted by atomic mass is 32.2. The van der Waals surface area contributed by atoms with Crippen LogP contribution in [-0.2, 0) is 11.2 Å². The van der Waals surface area contributed by atoms with Gasteiger partial charge in [-0.2, -0.15) is 0 Å². The number of amides is 1.